The van der Waals surface area contributed by atoms with E-state index in [4.69, 9.17) is 16.2 Å². The van der Waals surface area contributed by atoms with Gasteiger partial charge in [-0.15, -0.1) is 0 Å². The minimum Gasteiger partial charge on any atom is -0.494 e. The summed E-state index contributed by atoms with van der Waals surface area (Å²) in [4.78, 5) is 0. The summed E-state index contributed by atoms with van der Waals surface area (Å²) in [5, 5.41) is 0. The van der Waals surface area contributed by atoms with E-state index in [0.29, 0.717) is 0 Å². The zero-order valence-electron chi connectivity index (χ0n) is 18.7. The molecule has 3 nitrogen and oxygen atoms in total. The van der Waals surface area contributed by atoms with Crippen molar-refractivity contribution in [2.45, 2.75) is 57.8 Å². The summed E-state index contributed by atoms with van der Waals surface area (Å²) in [7, 11) is 0. The number of ether oxygens (including phenoxy) is 1. The molecule has 0 saturated carbocycles. The van der Waals surface area contributed by atoms with E-state index in [-0.39, 0.29) is 5.92 Å². The molecule has 3 aromatic carbocycles. The molecule has 0 aromatic heterocycles. The molecule has 0 fully saturated rings. The van der Waals surface area contributed by atoms with Gasteiger partial charge in [-0.3, -0.25) is 0 Å². The first-order valence-electron chi connectivity index (χ1n) is 11.6. The maximum atomic E-state index is 5.94. The summed E-state index contributed by atoms with van der Waals surface area (Å²) in [6, 6.07) is 24.9. The topological polar surface area (TPSA) is 61.3 Å². The van der Waals surface area contributed by atoms with Crippen LogP contribution >= 0.6 is 0 Å². The van der Waals surface area contributed by atoms with Crippen LogP contribution in [0.25, 0.3) is 0 Å². The number of benzene rings is 3. The van der Waals surface area contributed by atoms with Crippen LogP contribution in [0, 0.1) is 0 Å². The smallest absolute Gasteiger partial charge is 0.119 e. The second kappa shape index (κ2) is 12.0. The molecule has 4 N–H and O–H groups in total. The number of rotatable bonds is 12. The SMILES string of the molecule is CCCCCCCCOc1ccc(CC(c2ccc(N)cc2)c2ccc(N)cc2)cc1. The lowest BCUT2D eigenvalue weighted by molar-refractivity contribution is 0.304. The first-order chi connectivity index (χ1) is 15.2. The van der Waals surface area contributed by atoms with Crippen LogP contribution < -0.4 is 16.2 Å². The highest BCUT2D eigenvalue weighted by molar-refractivity contribution is 5.46. The van der Waals surface area contributed by atoms with Gasteiger partial charge in [0.15, 0.2) is 0 Å². The van der Waals surface area contributed by atoms with Gasteiger partial charge in [-0.25, -0.2) is 0 Å². The zero-order chi connectivity index (χ0) is 21.9. The third kappa shape index (κ3) is 7.36. The fraction of sp³-hybridized carbons (Fsp3) is 0.357. The van der Waals surface area contributed by atoms with Crippen molar-refractivity contribution >= 4 is 11.4 Å². The van der Waals surface area contributed by atoms with E-state index in [1.807, 2.05) is 24.3 Å². The van der Waals surface area contributed by atoms with Crippen molar-refractivity contribution in [3.05, 3.63) is 89.5 Å². The molecule has 0 saturated heterocycles. The van der Waals surface area contributed by atoms with Gasteiger partial charge < -0.3 is 16.2 Å². The van der Waals surface area contributed by atoms with E-state index >= 15 is 0 Å². The Hall–Kier alpha value is -2.94. The maximum Gasteiger partial charge on any atom is 0.119 e. The average molecular weight is 417 g/mol. The van der Waals surface area contributed by atoms with E-state index < -0.39 is 0 Å². The predicted molar refractivity (Wildman–Crippen MR) is 133 cm³/mol. The summed E-state index contributed by atoms with van der Waals surface area (Å²) in [6.07, 6.45) is 8.58. The Morgan fingerprint density at radius 1 is 0.645 bits per heavy atom. The average Bonchev–Trinajstić information content (AvgIpc) is 2.79. The summed E-state index contributed by atoms with van der Waals surface area (Å²) in [6.45, 7) is 3.05. The third-order valence-corrected chi connectivity index (χ3v) is 5.81. The van der Waals surface area contributed by atoms with Crippen molar-refractivity contribution in [1.29, 1.82) is 0 Å². The first-order valence-corrected chi connectivity index (χ1v) is 11.6. The molecule has 0 aliphatic carbocycles. The molecule has 164 valence electrons. The number of hydrogen-bond donors (Lipinski definition) is 2. The van der Waals surface area contributed by atoms with E-state index in [9.17, 15) is 0 Å². The van der Waals surface area contributed by atoms with Crippen molar-refractivity contribution in [3.8, 4) is 5.75 Å². The predicted octanol–water partition coefficient (Wildman–Crippen LogP) is 6.96. The Bertz CT molecular complexity index is 840. The molecule has 0 atom stereocenters. The summed E-state index contributed by atoms with van der Waals surface area (Å²) in [5.74, 6) is 1.20. The van der Waals surface area contributed by atoms with Gasteiger partial charge in [-0.1, -0.05) is 75.4 Å². The van der Waals surface area contributed by atoms with Gasteiger partial charge in [0.1, 0.15) is 5.75 Å². The third-order valence-electron chi connectivity index (χ3n) is 5.81. The molecule has 3 aromatic rings. The molecule has 0 aliphatic heterocycles. The van der Waals surface area contributed by atoms with Crippen LogP contribution in [0.2, 0.25) is 0 Å². The minimum absolute atomic E-state index is 0.246. The molecule has 0 radical (unpaired) electrons. The molecule has 0 bridgehead atoms. The standard InChI is InChI=1S/C28H36N2O/c1-2-3-4-5-6-7-20-31-27-18-8-22(9-19-27)21-28(23-10-14-25(29)15-11-23)24-12-16-26(30)17-13-24/h8-19,28H,2-7,20-21,29-30H2,1H3. The van der Waals surface area contributed by atoms with Gasteiger partial charge in [0.05, 0.1) is 6.61 Å². The second-order valence-electron chi connectivity index (χ2n) is 8.35. The van der Waals surface area contributed by atoms with E-state index in [1.54, 1.807) is 0 Å². The number of nitrogen functional groups attached to an aromatic ring is 2. The van der Waals surface area contributed by atoms with Crippen molar-refractivity contribution in [2.75, 3.05) is 18.1 Å². The van der Waals surface area contributed by atoms with Gasteiger partial charge in [0.25, 0.3) is 0 Å². The fourth-order valence-electron chi connectivity index (χ4n) is 3.91. The highest BCUT2D eigenvalue weighted by Gasteiger charge is 2.15. The number of nitrogens with two attached hydrogens (primary N) is 2. The van der Waals surface area contributed by atoms with Crippen LogP contribution in [0.1, 0.15) is 68.1 Å². The molecule has 3 heteroatoms. The number of hydrogen-bond acceptors (Lipinski definition) is 3. The van der Waals surface area contributed by atoms with Crippen LogP contribution in [0.3, 0.4) is 0 Å². The first kappa shape index (κ1) is 22.7. The lowest BCUT2D eigenvalue weighted by atomic mass is 9.86. The van der Waals surface area contributed by atoms with Crippen molar-refractivity contribution in [1.82, 2.24) is 0 Å². The summed E-state index contributed by atoms with van der Waals surface area (Å²) < 4.78 is 5.94. The van der Waals surface area contributed by atoms with Crippen molar-refractivity contribution in [3.63, 3.8) is 0 Å². The summed E-state index contributed by atoms with van der Waals surface area (Å²) >= 11 is 0. The highest BCUT2D eigenvalue weighted by Crippen LogP contribution is 2.30. The lowest BCUT2D eigenvalue weighted by Gasteiger charge is -2.19. The van der Waals surface area contributed by atoms with E-state index in [1.165, 1.54) is 48.8 Å². The molecule has 0 aliphatic rings. The second-order valence-corrected chi connectivity index (χ2v) is 8.35. The van der Waals surface area contributed by atoms with Gasteiger partial charge in [0.2, 0.25) is 0 Å². The van der Waals surface area contributed by atoms with Gasteiger partial charge in [0, 0.05) is 17.3 Å². The van der Waals surface area contributed by atoms with Crippen LogP contribution in [0.5, 0.6) is 5.75 Å². The lowest BCUT2D eigenvalue weighted by Crippen LogP contribution is -2.06. The summed E-state index contributed by atoms with van der Waals surface area (Å²) in [5.41, 5.74) is 17.2. The van der Waals surface area contributed by atoms with Crippen LogP contribution in [0.4, 0.5) is 11.4 Å². The fourth-order valence-corrected chi connectivity index (χ4v) is 3.91. The molecule has 0 heterocycles. The van der Waals surface area contributed by atoms with Crippen LogP contribution in [-0.4, -0.2) is 6.61 Å². The van der Waals surface area contributed by atoms with E-state index in [2.05, 4.69) is 55.5 Å². The van der Waals surface area contributed by atoms with Crippen LogP contribution in [-0.2, 0) is 6.42 Å². The van der Waals surface area contributed by atoms with Crippen molar-refractivity contribution < 1.29 is 4.74 Å². The van der Waals surface area contributed by atoms with Gasteiger partial charge in [-0.05, 0) is 65.9 Å². The van der Waals surface area contributed by atoms with E-state index in [0.717, 1.165) is 36.6 Å². The Kier molecular flexibility index (Phi) is 8.84. The monoisotopic (exact) mass is 416 g/mol. The Morgan fingerprint density at radius 3 is 1.71 bits per heavy atom. The minimum atomic E-state index is 0.246. The number of anilines is 2. The zero-order valence-corrected chi connectivity index (χ0v) is 18.7. The Morgan fingerprint density at radius 2 is 1.16 bits per heavy atom. The normalized spacial score (nSPS) is 11.0. The Labute approximate surface area is 187 Å². The molecular formula is C28H36N2O. The van der Waals surface area contributed by atoms with Crippen molar-refractivity contribution in [2.24, 2.45) is 0 Å². The quantitative estimate of drug-likeness (QED) is 0.248. The highest BCUT2D eigenvalue weighted by atomic mass is 16.5. The molecule has 0 spiro atoms. The molecule has 0 amide bonds. The largest absolute Gasteiger partial charge is 0.494 e. The Balaban J connectivity index is 1.60. The molecular weight excluding hydrogens is 380 g/mol. The van der Waals surface area contributed by atoms with Crippen LogP contribution in [0.15, 0.2) is 72.8 Å². The maximum absolute atomic E-state index is 5.94. The van der Waals surface area contributed by atoms with Gasteiger partial charge >= 0.3 is 0 Å². The molecule has 0 unspecified atom stereocenters. The molecule has 3 rings (SSSR count). The number of unbranched alkanes of at least 4 members (excludes halogenated alkanes) is 5. The molecule has 31 heavy (non-hydrogen) atoms. The van der Waals surface area contributed by atoms with Gasteiger partial charge in [-0.2, -0.15) is 0 Å².